The van der Waals surface area contributed by atoms with Crippen LogP contribution in [0.3, 0.4) is 0 Å². The lowest BCUT2D eigenvalue weighted by molar-refractivity contribution is 0.0744. The molecule has 0 unspecified atom stereocenters. The highest BCUT2D eigenvalue weighted by Crippen LogP contribution is 2.13. The van der Waals surface area contributed by atoms with Gasteiger partial charge in [-0.2, -0.15) is 5.26 Å². The quantitative estimate of drug-likeness (QED) is 0.673. The second-order valence-corrected chi connectivity index (χ2v) is 3.69. The minimum absolute atomic E-state index is 0.614. The molecule has 4 nitrogen and oxygen atoms in total. The largest absolute Gasteiger partial charge is 0.382 e. The second kappa shape index (κ2) is 7.66. The van der Waals surface area contributed by atoms with Crippen LogP contribution in [0.25, 0.3) is 0 Å². The fourth-order valence-electron chi connectivity index (χ4n) is 1.39. The Hall–Kier alpha value is -1.57. The van der Waals surface area contributed by atoms with E-state index in [1.165, 1.54) is 0 Å². The maximum absolute atomic E-state index is 8.81. The van der Waals surface area contributed by atoms with E-state index in [2.05, 4.69) is 11.0 Å². The summed E-state index contributed by atoms with van der Waals surface area (Å²) in [6.45, 7) is 2.67. The Labute approximate surface area is 102 Å². The first-order valence-electron chi connectivity index (χ1n) is 5.56. The van der Waals surface area contributed by atoms with E-state index in [0.29, 0.717) is 25.4 Å². The third-order valence-electron chi connectivity index (χ3n) is 2.42. The van der Waals surface area contributed by atoms with Crippen LogP contribution in [0.2, 0.25) is 0 Å². The van der Waals surface area contributed by atoms with Crippen LogP contribution >= 0.6 is 0 Å². The van der Waals surface area contributed by atoms with E-state index < -0.39 is 0 Å². The van der Waals surface area contributed by atoms with Gasteiger partial charge in [-0.05, 0) is 18.2 Å². The molecule has 0 spiro atoms. The summed E-state index contributed by atoms with van der Waals surface area (Å²) in [5.74, 6) is 0. The zero-order valence-corrected chi connectivity index (χ0v) is 10.3. The van der Waals surface area contributed by atoms with Crippen molar-refractivity contribution in [1.29, 1.82) is 5.26 Å². The molecule has 1 aromatic rings. The number of ether oxygens (including phenoxy) is 2. The summed E-state index contributed by atoms with van der Waals surface area (Å²) in [6, 6.07) is 9.67. The van der Waals surface area contributed by atoms with Crippen LogP contribution in [0.1, 0.15) is 5.56 Å². The first-order valence-corrected chi connectivity index (χ1v) is 5.56. The van der Waals surface area contributed by atoms with Crippen molar-refractivity contribution in [1.82, 2.24) is 0 Å². The Morgan fingerprint density at radius 1 is 1.29 bits per heavy atom. The molecule has 0 radical (unpaired) electrons. The summed E-state index contributed by atoms with van der Waals surface area (Å²) in [5, 5.41) is 8.81. The zero-order valence-electron chi connectivity index (χ0n) is 10.3. The molecule has 0 heterocycles. The van der Waals surface area contributed by atoms with Gasteiger partial charge in [0.15, 0.2) is 0 Å². The normalized spacial score (nSPS) is 9.94. The molecule has 0 aromatic heterocycles. The predicted octanol–water partition coefficient (Wildman–Crippen LogP) is 1.66. The molecule has 1 rings (SSSR count). The number of nitriles is 1. The van der Waals surface area contributed by atoms with Crippen molar-refractivity contribution in [3.63, 3.8) is 0 Å². The number of methoxy groups -OCH3 is 1. The monoisotopic (exact) mass is 234 g/mol. The molecule has 0 atom stereocenters. The summed E-state index contributed by atoms with van der Waals surface area (Å²) in [7, 11) is 3.64. The third-order valence-corrected chi connectivity index (χ3v) is 2.42. The highest BCUT2D eigenvalue weighted by atomic mass is 16.5. The van der Waals surface area contributed by atoms with Crippen molar-refractivity contribution in [3.8, 4) is 6.07 Å². The van der Waals surface area contributed by atoms with Gasteiger partial charge >= 0.3 is 0 Å². The van der Waals surface area contributed by atoms with Gasteiger partial charge in [-0.15, -0.1) is 0 Å². The molecule has 1 aromatic carbocycles. The van der Waals surface area contributed by atoms with Gasteiger partial charge < -0.3 is 14.4 Å². The number of nitrogens with zero attached hydrogens (tertiary/aromatic N) is 2. The van der Waals surface area contributed by atoms with E-state index in [0.717, 1.165) is 12.2 Å². The van der Waals surface area contributed by atoms with Crippen LogP contribution in [0.5, 0.6) is 0 Å². The number of hydrogen-bond donors (Lipinski definition) is 0. The number of hydrogen-bond acceptors (Lipinski definition) is 4. The highest BCUT2D eigenvalue weighted by Gasteiger charge is 2.01. The predicted molar refractivity (Wildman–Crippen MR) is 67.1 cm³/mol. The zero-order chi connectivity index (χ0) is 12.5. The van der Waals surface area contributed by atoms with Gasteiger partial charge in [0, 0.05) is 26.4 Å². The van der Waals surface area contributed by atoms with Crippen LogP contribution in [0, 0.1) is 11.3 Å². The van der Waals surface area contributed by atoms with Crippen molar-refractivity contribution in [3.05, 3.63) is 29.8 Å². The summed E-state index contributed by atoms with van der Waals surface area (Å²) in [4.78, 5) is 2.06. The third kappa shape index (κ3) is 4.85. The maximum Gasteiger partial charge on any atom is 0.0992 e. The molecule has 0 amide bonds. The fourth-order valence-corrected chi connectivity index (χ4v) is 1.39. The average molecular weight is 234 g/mol. The van der Waals surface area contributed by atoms with E-state index in [4.69, 9.17) is 14.7 Å². The van der Waals surface area contributed by atoms with Crippen LogP contribution in [0.4, 0.5) is 5.69 Å². The summed E-state index contributed by atoms with van der Waals surface area (Å²) < 4.78 is 10.3. The molecular formula is C13H18N2O2. The standard InChI is InChI=1S/C13H18N2O2/c1-15(6-7-17-9-8-16-2)13-5-3-4-12(10-13)11-14/h3-5,10H,6-9H2,1-2H3. The first-order chi connectivity index (χ1) is 8.27. The molecule has 17 heavy (non-hydrogen) atoms. The van der Waals surface area contributed by atoms with Crippen LogP contribution in [-0.4, -0.2) is 40.5 Å². The van der Waals surface area contributed by atoms with Gasteiger partial charge in [0.2, 0.25) is 0 Å². The Kier molecular flexibility index (Phi) is 6.08. The summed E-state index contributed by atoms with van der Waals surface area (Å²) in [5.41, 5.74) is 1.70. The molecule has 4 heteroatoms. The minimum atomic E-state index is 0.614. The molecule has 0 N–H and O–H groups in total. The Bertz CT molecular complexity index is 374. The van der Waals surface area contributed by atoms with Crippen molar-refractivity contribution >= 4 is 5.69 Å². The lowest BCUT2D eigenvalue weighted by Crippen LogP contribution is -2.23. The number of benzene rings is 1. The van der Waals surface area contributed by atoms with E-state index in [-0.39, 0.29) is 0 Å². The lowest BCUT2D eigenvalue weighted by Gasteiger charge is -2.19. The first kappa shape index (κ1) is 13.5. The molecule has 0 saturated carbocycles. The smallest absolute Gasteiger partial charge is 0.0992 e. The number of rotatable bonds is 7. The van der Waals surface area contributed by atoms with E-state index in [1.807, 2.05) is 25.2 Å². The summed E-state index contributed by atoms with van der Waals surface area (Å²) in [6.07, 6.45) is 0. The van der Waals surface area contributed by atoms with Crippen LogP contribution in [-0.2, 0) is 9.47 Å². The number of likely N-dealkylation sites (N-methyl/N-ethyl adjacent to an activating group) is 1. The highest BCUT2D eigenvalue weighted by molar-refractivity contribution is 5.50. The van der Waals surface area contributed by atoms with Gasteiger partial charge in [0.1, 0.15) is 0 Å². The molecule has 0 aliphatic carbocycles. The van der Waals surface area contributed by atoms with Gasteiger partial charge in [-0.3, -0.25) is 0 Å². The van der Waals surface area contributed by atoms with Crippen LogP contribution < -0.4 is 4.90 Å². The van der Waals surface area contributed by atoms with Crippen LogP contribution in [0.15, 0.2) is 24.3 Å². The maximum atomic E-state index is 8.81. The SMILES string of the molecule is COCCOCCN(C)c1cccc(C#N)c1. The second-order valence-electron chi connectivity index (χ2n) is 3.69. The summed E-state index contributed by atoms with van der Waals surface area (Å²) >= 11 is 0. The molecule has 0 aliphatic heterocycles. The Morgan fingerprint density at radius 2 is 2.12 bits per heavy atom. The molecule has 92 valence electrons. The van der Waals surface area contributed by atoms with E-state index >= 15 is 0 Å². The van der Waals surface area contributed by atoms with E-state index in [1.54, 1.807) is 13.2 Å². The Balaban J connectivity index is 2.36. The molecule has 0 aliphatic rings. The molecule has 0 fully saturated rings. The molecular weight excluding hydrogens is 216 g/mol. The lowest BCUT2D eigenvalue weighted by atomic mass is 10.2. The van der Waals surface area contributed by atoms with Gasteiger partial charge in [0.05, 0.1) is 31.5 Å². The fraction of sp³-hybridized carbons (Fsp3) is 0.462. The van der Waals surface area contributed by atoms with Crippen molar-refractivity contribution in [2.45, 2.75) is 0 Å². The molecule has 0 bridgehead atoms. The van der Waals surface area contributed by atoms with E-state index in [9.17, 15) is 0 Å². The van der Waals surface area contributed by atoms with Gasteiger partial charge in [-0.25, -0.2) is 0 Å². The van der Waals surface area contributed by atoms with Crippen molar-refractivity contribution in [2.75, 3.05) is 45.4 Å². The Morgan fingerprint density at radius 3 is 2.82 bits per heavy atom. The minimum Gasteiger partial charge on any atom is -0.382 e. The van der Waals surface area contributed by atoms with Gasteiger partial charge in [-0.1, -0.05) is 6.07 Å². The van der Waals surface area contributed by atoms with Crippen molar-refractivity contribution < 1.29 is 9.47 Å². The van der Waals surface area contributed by atoms with Gasteiger partial charge in [0.25, 0.3) is 0 Å². The molecule has 0 saturated heterocycles. The van der Waals surface area contributed by atoms with Crippen molar-refractivity contribution in [2.24, 2.45) is 0 Å². The topological polar surface area (TPSA) is 45.5 Å². The average Bonchev–Trinajstić information content (AvgIpc) is 2.38. The number of anilines is 1.